The van der Waals surface area contributed by atoms with Crippen molar-refractivity contribution in [2.45, 2.75) is 44.9 Å². The van der Waals surface area contributed by atoms with Gasteiger partial charge in [0.25, 0.3) is 0 Å². The number of hydrogen-bond acceptors (Lipinski definition) is 5. The van der Waals surface area contributed by atoms with Crippen LogP contribution in [0.1, 0.15) is 44.9 Å². The Morgan fingerprint density at radius 1 is 1.04 bits per heavy atom. The SMILES string of the molecule is C#CCOCCOCCOCCCCCO/N=C1\CCC(CC=C)C1. The van der Waals surface area contributed by atoms with Crippen LogP contribution < -0.4 is 0 Å². The Morgan fingerprint density at radius 3 is 2.52 bits per heavy atom. The predicted octanol–water partition coefficient (Wildman–Crippen LogP) is 3.59. The van der Waals surface area contributed by atoms with Gasteiger partial charge in [-0.25, -0.2) is 0 Å². The number of oxime groups is 1. The van der Waals surface area contributed by atoms with Crippen molar-refractivity contribution in [3.63, 3.8) is 0 Å². The van der Waals surface area contributed by atoms with Gasteiger partial charge in [-0.3, -0.25) is 0 Å². The van der Waals surface area contributed by atoms with Crippen molar-refractivity contribution in [3.05, 3.63) is 12.7 Å². The van der Waals surface area contributed by atoms with Crippen LogP contribution in [0.4, 0.5) is 0 Å². The summed E-state index contributed by atoms with van der Waals surface area (Å²) in [5, 5.41) is 4.26. The Hall–Kier alpha value is -1.35. The molecule has 1 rings (SSSR count). The zero-order chi connectivity index (χ0) is 18.0. The first kappa shape index (κ1) is 21.7. The molecule has 5 nitrogen and oxygen atoms in total. The number of unbranched alkanes of at least 4 members (excludes halogenated alkanes) is 2. The normalized spacial score (nSPS) is 18.4. The van der Waals surface area contributed by atoms with Gasteiger partial charge in [-0.1, -0.05) is 17.2 Å². The quantitative estimate of drug-likeness (QED) is 0.185. The third-order valence-electron chi connectivity index (χ3n) is 4.01. The van der Waals surface area contributed by atoms with Crippen molar-refractivity contribution in [3.8, 4) is 12.3 Å². The average molecular weight is 351 g/mol. The molecule has 0 spiro atoms. The van der Waals surface area contributed by atoms with Crippen molar-refractivity contribution in [2.75, 3.05) is 46.2 Å². The molecule has 0 aromatic carbocycles. The van der Waals surface area contributed by atoms with Crippen LogP contribution in [0.5, 0.6) is 0 Å². The van der Waals surface area contributed by atoms with Gasteiger partial charge in [0.2, 0.25) is 0 Å². The maximum Gasteiger partial charge on any atom is 0.117 e. The lowest BCUT2D eigenvalue weighted by molar-refractivity contribution is 0.0192. The van der Waals surface area contributed by atoms with Gasteiger partial charge in [0.15, 0.2) is 0 Å². The Bertz CT molecular complexity index is 403. The summed E-state index contributed by atoms with van der Waals surface area (Å²) in [7, 11) is 0. The van der Waals surface area contributed by atoms with Gasteiger partial charge in [-0.15, -0.1) is 13.0 Å². The van der Waals surface area contributed by atoms with E-state index in [2.05, 4.69) is 17.7 Å². The van der Waals surface area contributed by atoms with Gasteiger partial charge < -0.3 is 19.0 Å². The smallest absolute Gasteiger partial charge is 0.117 e. The highest BCUT2D eigenvalue weighted by Crippen LogP contribution is 2.26. The van der Waals surface area contributed by atoms with Crippen LogP contribution in [0.2, 0.25) is 0 Å². The van der Waals surface area contributed by atoms with Crippen molar-refractivity contribution < 1.29 is 19.0 Å². The molecule has 0 N–H and O–H groups in total. The summed E-state index contributed by atoms with van der Waals surface area (Å²) in [5.74, 6) is 3.13. The van der Waals surface area contributed by atoms with E-state index in [1.807, 2.05) is 6.08 Å². The van der Waals surface area contributed by atoms with Crippen LogP contribution in [-0.2, 0) is 19.0 Å². The van der Waals surface area contributed by atoms with E-state index >= 15 is 0 Å². The van der Waals surface area contributed by atoms with Gasteiger partial charge in [0.05, 0.1) is 32.1 Å². The molecule has 0 saturated heterocycles. The van der Waals surface area contributed by atoms with Crippen molar-refractivity contribution >= 4 is 5.71 Å². The summed E-state index contributed by atoms with van der Waals surface area (Å²) in [6, 6.07) is 0. The molecule has 1 saturated carbocycles. The Labute approximate surface area is 152 Å². The molecule has 142 valence electrons. The highest BCUT2D eigenvalue weighted by molar-refractivity contribution is 5.86. The lowest BCUT2D eigenvalue weighted by atomic mass is 10.0. The molecule has 1 aliphatic carbocycles. The first-order valence-electron chi connectivity index (χ1n) is 9.32. The topological polar surface area (TPSA) is 49.3 Å². The van der Waals surface area contributed by atoms with Gasteiger partial charge in [0.1, 0.15) is 13.2 Å². The molecule has 1 fully saturated rings. The minimum atomic E-state index is 0.339. The van der Waals surface area contributed by atoms with E-state index in [1.54, 1.807) is 0 Å². The molecular weight excluding hydrogens is 318 g/mol. The van der Waals surface area contributed by atoms with Crippen LogP contribution in [0, 0.1) is 18.3 Å². The summed E-state index contributed by atoms with van der Waals surface area (Å²) in [6.07, 6.45) is 14.6. The minimum Gasteiger partial charge on any atom is -0.396 e. The lowest BCUT2D eigenvalue weighted by Crippen LogP contribution is -2.10. The molecule has 0 aromatic rings. The van der Waals surface area contributed by atoms with Crippen LogP contribution in [-0.4, -0.2) is 52.0 Å². The number of ether oxygens (including phenoxy) is 3. The second-order valence-electron chi connectivity index (χ2n) is 6.17. The lowest BCUT2D eigenvalue weighted by Gasteiger charge is -2.06. The molecule has 5 heteroatoms. The van der Waals surface area contributed by atoms with E-state index in [9.17, 15) is 0 Å². The van der Waals surface area contributed by atoms with E-state index in [0.29, 0.717) is 39.6 Å². The van der Waals surface area contributed by atoms with Crippen LogP contribution >= 0.6 is 0 Å². The number of nitrogens with zero attached hydrogens (tertiary/aromatic N) is 1. The van der Waals surface area contributed by atoms with Crippen LogP contribution in [0.25, 0.3) is 0 Å². The van der Waals surface area contributed by atoms with E-state index in [4.69, 9.17) is 25.5 Å². The van der Waals surface area contributed by atoms with Gasteiger partial charge in [-0.2, -0.15) is 0 Å². The number of terminal acetylenes is 1. The molecule has 25 heavy (non-hydrogen) atoms. The summed E-state index contributed by atoms with van der Waals surface area (Å²) >= 11 is 0. The van der Waals surface area contributed by atoms with Crippen LogP contribution in [0.3, 0.4) is 0 Å². The fraction of sp³-hybridized carbons (Fsp3) is 0.750. The molecule has 0 bridgehead atoms. The molecular formula is C20H33NO4. The fourth-order valence-electron chi connectivity index (χ4n) is 2.68. The molecule has 1 atom stereocenters. The monoisotopic (exact) mass is 351 g/mol. The maximum absolute atomic E-state index is 5.51. The third kappa shape index (κ3) is 12.6. The Balaban J connectivity index is 1.78. The largest absolute Gasteiger partial charge is 0.396 e. The summed E-state index contributed by atoms with van der Waals surface area (Å²) < 4.78 is 16.0. The second-order valence-corrected chi connectivity index (χ2v) is 6.17. The molecule has 0 aliphatic heterocycles. The minimum absolute atomic E-state index is 0.339. The predicted molar refractivity (Wildman–Crippen MR) is 101 cm³/mol. The zero-order valence-electron chi connectivity index (χ0n) is 15.4. The molecule has 0 radical (unpaired) electrons. The van der Waals surface area contributed by atoms with E-state index < -0.39 is 0 Å². The third-order valence-corrected chi connectivity index (χ3v) is 4.01. The molecule has 1 aliphatic rings. The van der Waals surface area contributed by atoms with Gasteiger partial charge in [0, 0.05) is 6.61 Å². The fourth-order valence-corrected chi connectivity index (χ4v) is 2.68. The Kier molecular flexibility index (Phi) is 14.0. The van der Waals surface area contributed by atoms with Crippen molar-refractivity contribution in [1.82, 2.24) is 0 Å². The van der Waals surface area contributed by atoms with E-state index in [1.165, 1.54) is 12.1 Å². The second kappa shape index (κ2) is 16.1. The standard InChI is InChI=1S/C20H33NO4/c1-3-8-19-9-10-20(18-19)21-25-13-7-5-6-12-23-15-17-24-16-14-22-11-4-2/h2-3,19H,1,5-18H2/b21-20+. The average Bonchev–Trinajstić information content (AvgIpc) is 3.06. The first-order valence-corrected chi connectivity index (χ1v) is 9.32. The van der Waals surface area contributed by atoms with Crippen LogP contribution in [0.15, 0.2) is 17.8 Å². The van der Waals surface area contributed by atoms with E-state index in [0.717, 1.165) is 51.0 Å². The number of rotatable bonds is 16. The zero-order valence-corrected chi connectivity index (χ0v) is 15.4. The highest BCUT2D eigenvalue weighted by Gasteiger charge is 2.19. The molecule has 0 aromatic heterocycles. The number of allylic oxidation sites excluding steroid dienone is 1. The Morgan fingerprint density at radius 2 is 1.76 bits per heavy atom. The van der Waals surface area contributed by atoms with Gasteiger partial charge >= 0.3 is 0 Å². The summed E-state index contributed by atoms with van der Waals surface area (Å²) in [4.78, 5) is 5.42. The first-order chi connectivity index (χ1) is 12.4. The molecule has 0 heterocycles. The van der Waals surface area contributed by atoms with Gasteiger partial charge in [-0.05, 0) is 50.9 Å². The molecule has 0 amide bonds. The maximum atomic E-state index is 5.51. The summed E-state index contributed by atoms with van der Waals surface area (Å²) in [6.45, 7) is 7.88. The van der Waals surface area contributed by atoms with Crippen molar-refractivity contribution in [1.29, 1.82) is 0 Å². The van der Waals surface area contributed by atoms with E-state index in [-0.39, 0.29) is 0 Å². The molecule has 1 unspecified atom stereocenters. The highest BCUT2D eigenvalue weighted by atomic mass is 16.6. The van der Waals surface area contributed by atoms with Crippen molar-refractivity contribution in [2.24, 2.45) is 11.1 Å². The number of hydrogen-bond donors (Lipinski definition) is 0. The summed E-state index contributed by atoms with van der Waals surface area (Å²) in [5.41, 5.74) is 1.21.